The second-order valence-corrected chi connectivity index (χ2v) is 8.04. The second-order valence-electron chi connectivity index (χ2n) is 8.04. The van der Waals surface area contributed by atoms with Gasteiger partial charge in [0.25, 0.3) is 0 Å². The van der Waals surface area contributed by atoms with Crippen molar-refractivity contribution < 1.29 is 24.2 Å². The van der Waals surface area contributed by atoms with Gasteiger partial charge in [0.1, 0.15) is 5.60 Å². The lowest BCUT2D eigenvalue weighted by atomic mass is 9.91. The molecule has 6 heteroatoms. The van der Waals surface area contributed by atoms with E-state index in [0.29, 0.717) is 5.69 Å². The smallest absolute Gasteiger partial charge is 0.344 e. The van der Waals surface area contributed by atoms with E-state index in [1.807, 2.05) is 49.4 Å². The van der Waals surface area contributed by atoms with Gasteiger partial charge in [-0.25, -0.2) is 9.59 Å². The van der Waals surface area contributed by atoms with E-state index in [9.17, 15) is 14.7 Å². The average Bonchev–Trinajstić information content (AvgIpc) is 2.70. The zero-order valence-electron chi connectivity index (χ0n) is 18.0. The van der Waals surface area contributed by atoms with Gasteiger partial charge in [0.15, 0.2) is 6.04 Å². The minimum atomic E-state index is -2.31. The summed E-state index contributed by atoms with van der Waals surface area (Å²) in [6.45, 7) is 7.07. The van der Waals surface area contributed by atoms with Crippen molar-refractivity contribution in [3.63, 3.8) is 0 Å². The number of carbonyl (C=O) groups excluding carboxylic acids is 2. The molecule has 0 amide bonds. The number of aliphatic hydroxyl groups is 1. The van der Waals surface area contributed by atoms with Crippen molar-refractivity contribution >= 4 is 23.7 Å². The first kappa shape index (κ1) is 23.2. The Labute approximate surface area is 177 Å². The number of anilines is 1. The molecule has 0 unspecified atom stereocenters. The molecule has 0 spiro atoms. The van der Waals surface area contributed by atoms with Gasteiger partial charge >= 0.3 is 11.9 Å². The third kappa shape index (κ3) is 6.19. The van der Waals surface area contributed by atoms with Gasteiger partial charge in [0.2, 0.25) is 5.60 Å². The molecule has 2 aromatic carbocycles. The molecule has 2 N–H and O–H groups in total. The number of hydrogen-bond donors (Lipinski definition) is 2. The number of aryl methyl sites for hydroxylation is 1. The van der Waals surface area contributed by atoms with Crippen molar-refractivity contribution in [3.8, 4) is 0 Å². The number of methoxy groups -OCH3 is 1. The third-order valence-corrected chi connectivity index (χ3v) is 4.29. The minimum Gasteiger partial charge on any atom is -0.467 e. The van der Waals surface area contributed by atoms with Crippen LogP contribution in [-0.4, -0.2) is 41.4 Å². The Morgan fingerprint density at radius 1 is 1.03 bits per heavy atom. The molecular formula is C24H29NO5. The van der Waals surface area contributed by atoms with Crippen LogP contribution in [0.15, 0.2) is 60.7 Å². The number of carbonyl (C=O) groups is 2. The van der Waals surface area contributed by atoms with E-state index >= 15 is 0 Å². The molecule has 160 valence electrons. The maximum absolute atomic E-state index is 13.0. The third-order valence-electron chi connectivity index (χ3n) is 4.29. The molecule has 0 saturated heterocycles. The van der Waals surface area contributed by atoms with Crippen LogP contribution in [0.4, 0.5) is 5.69 Å². The Morgan fingerprint density at radius 3 is 2.17 bits per heavy atom. The van der Waals surface area contributed by atoms with E-state index in [-0.39, 0.29) is 0 Å². The van der Waals surface area contributed by atoms with Crippen LogP contribution in [0.5, 0.6) is 0 Å². The molecule has 2 atom stereocenters. The summed E-state index contributed by atoms with van der Waals surface area (Å²) < 4.78 is 10.3. The fourth-order valence-electron chi connectivity index (χ4n) is 2.76. The quantitative estimate of drug-likeness (QED) is 0.676. The Bertz CT molecular complexity index is 884. The molecule has 30 heavy (non-hydrogen) atoms. The van der Waals surface area contributed by atoms with Crippen molar-refractivity contribution in [2.24, 2.45) is 0 Å². The monoisotopic (exact) mass is 411 g/mol. The first-order chi connectivity index (χ1) is 14.0. The molecule has 0 aliphatic carbocycles. The largest absolute Gasteiger partial charge is 0.467 e. The second kappa shape index (κ2) is 9.59. The summed E-state index contributed by atoms with van der Waals surface area (Å²) >= 11 is 0. The van der Waals surface area contributed by atoms with E-state index in [4.69, 9.17) is 9.47 Å². The van der Waals surface area contributed by atoms with E-state index < -0.39 is 29.2 Å². The molecule has 0 aliphatic heterocycles. The first-order valence-corrected chi connectivity index (χ1v) is 9.66. The summed E-state index contributed by atoms with van der Waals surface area (Å²) in [6.07, 6.45) is 2.81. The fraction of sp³-hybridized carbons (Fsp3) is 0.333. The molecule has 0 saturated carbocycles. The lowest BCUT2D eigenvalue weighted by Crippen LogP contribution is -2.57. The van der Waals surface area contributed by atoms with Gasteiger partial charge in [-0.3, -0.25) is 0 Å². The number of ether oxygens (including phenoxy) is 2. The number of nitrogens with one attached hydrogen (secondary N) is 1. The van der Waals surface area contributed by atoms with E-state index in [1.165, 1.54) is 6.08 Å². The first-order valence-electron chi connectivity index (χ1n) is 9.66. The molecule has 0 aliphatic rings. The molecule has 2 rings (SSSR count). The summed E-state index contributed by atoms with van der Waals surface area (Å²) in [5.74, 6) is -1.76. The van der Waals surface area contributed by atoms with Gasteiger partial charge < -0.3 is 19.9 Å². The summed E-state index contributed by atoms with van der Waals surface area (Å²) in [6, 6.07) is 14.9. The molecule has 0 fully saturated rings. The van der Waals surface area contributed by atoms with Gasteiger partial charge in [-0.1, -0.05) is 54.1 Å². The molecule has 0 aromatic heterocycles. The van der Waals surface area contributed by atoms with E-state index in [1.54, 1.807) is 39.0 Å². The Kier molecular flexibility index (Phi) is 7.40. The summed E-state index contributed by atoms with van der Waals surface area (Å²) in [7, 11) is 1.15. The molecule has 0 bridgehead atoms. The SMILES string of the molecule is COC(=O)[C@@](O)(/C=C/c1ccccc1)[C@H](Nc1ccc(C)cc1)C(=O)OC(C)(C)C. The van der Waals surface area contributed by atoms with Gasteiger partial charge in [-0.2, -0.15) is 0 Å². The van der Waals surface area contributed by atoms with E-state index in [0.717, 1.165) is 18.2 Å². The van der Waals surface area contributed by atoms with Crippen molar-refractivity contribution in [1.82, 2.24) is 0 Å². The highest BCUT2D eigenvalue weighted by atomic mass is 16.6. The van der Waals surface area contributed by atoms with Gasteiger partial charge in [-0.05, 0) is 51.5 Å². The highest BCUT2D eigenvalue weighted by molar-refractivity contribution is 5.94. The Balaban J connectivity index is 2.49. The Morgan fingerprint density at radius 2 is 1.63 bits per heavy atom. The van der Waals surface area contributed by atoms with Crippen molar-refractivity contribution in [2.45, 2.75) is 44.9 Å². The topological polar surface area (TPSA) is 84.9 Å². The highest BCUT2D eigenvalue weighted by Gasteiger charge is 2.49. The standard InChI is InChI=1S/C24H29NO5/c1-17-11-13-19(14-12-17)25-20(21(26)30-23(2,3)4)24(28,22(27)29-5)16-15-18-9-7-6-8-10-18/h6-16,20,25,28H,1-5H3/b16-15+/t20-,24-/m1/s1. The fourth-order valence-corrected chi connectivity index (χ4v) is 2.76. The molecule has 0 heterocycles. The highest BCUT2D eigenvalue weighted by Crippen LogP contribution is 2.24. The van der Waals surface area contributed by atoms with Crippen LogP contribution in [0.2, 0.25) is 0 Å². The molecule has 6 nitrogen and oxygen atoms in total. The van der Waals surface area contributed by atoms with Crippen molar-refractivity contribution in [1.29, 1.82) is 0 Å². The van der Waals surface area contributed by atoms with Gasteiger partial charge in [-0.15, -0.1) is 0 Å². The number of rotatable bonds is 7. The lowest BCUT2D eigenvalue weighted by molar-refractivity contribution is -0.171. The van der Waals surface area contributed by atoms with Gasteiger partial charge in [0, 0.05) is 5.69 Å². The Hall–Kier alpha value is -3.12. The zero-order chi connectivity index (χ0) is 22.4. The maximum Gasteiger partial charge on any atom is 0.344 e. The van der Waals surface area contributed by atoms with Gasteiger partial charge in [0.05, 0.1) is 7.11 Å². The van der Waals surface area contributed by atoms with Crippen LogP contribution >= 0.6 is 0 Å². The summed E-state index contributed by atoms with van der Waals surface area (Å²) in [4.78, 5) is 25.7. The minimum absolute atomic E-state index is 0.548. The maximum atomic E-state index is 13.0. The zero-order valence-corrected chi connectivity index (χ0v) is 18.0. The van der Waals surface area contributed by atoms with Crippen molar-refractivity contribution in [3.05, 3.63) is 71.8 Å². The summed E-state index contributed by atoms with van der Waals surface area (Å²) in [5.41, 5.74) is -0.797. The van der Waals surface area contributed by atoms with Crippen LogP contribution in [-0.2, 0) is 19.1 Å². The predicted molar refractivity (Wildman–Crippen MR) is 117 cm³/mol. The van der Waals surface area contributed by atoms with E-state index in [2.05, 4.69) is 5.32 Å². The summed E-state index contributed by atoms with van der Waals surface area (Å²) in [5, 5.41) is 14.3. The number of benzene rings is 2. The molecular weight excluding hydrogens is 382 g/mol. The molecule has 0 radical (unpaired) electrons. The lowest BCUT2D eigenvalue weighted by Gasteiger charge is -2.33. The molecule has 2 aromatic rings. The van der Waals surface area contributed by atoms with Crippen LogP contribution in [0.3, 0.4) is 0 Å². The van der Waals surface area contributed by atoms with Crippen LogP contribution < -0.4 is 5.32 Å². The van der Waals surface area contributed by atoms with Crippen LogP contribution in [0.25, 0.3) is 6.08 Å². The van der Waals surface area contributed by atoms with Crippen molar-refractivity contribution in [2.75, 3.05) is 12.4 Å². The predicted octanol–water partition coefficient (Wildman–Crippen LogP) is 3.73. The number of hydrogen-bond acceptors (Lipinski definition) is 6. The van der Waals surface area contributed by atoms with Crippen LogP contribution in [0, 0.1) is 6.92 Å². The average molecular weight is 411 g/mol. The number of esters is 2. The van der Waals surface area contributed by atoms with Crippen LogP contribution in [0.1, 0.15) is 31.9 Å². The normalized spacial score (nSPS) is 14.6.